The number of benzene rings is 1. The summed E-state index contributed by atoms with van der Waals surface area (Å²) in [5.41, 5.74) is 2.26. The summed E-state index contributed by atoms with van der Waals surface area (Å²) in [7, 11) is 0. The maximum absolute atomic E-state index is 10.5. The van der Waals surface area contributed by atoms with Crippen molar-refractivity contribution < 1.29 is 5.11 Å². The highest BCUT2D eigenvalue weighted by Gasteiger charge is 2.31. The molecule has 1 fully saturated rings. The fourth-order valence-corrected chi connectivity index (χ4v) is 2.68. The van der Waals surface area contributed by atoms with Crippen LogP contribution in [0.15, 0.2) is 24.3 Å². The Morgan fingerprint density at radius 2 is 1.76 bits per heavy atom. The molecule has 1 aliphatic rings. The molecule has 0 amide bonds. The lowest BCUT2D eigenvalue weighted by Crippen LogP contribution is -2.33. The van der Waals surface area contributed by atoms with Gasteiger partial charge in [0, 0.05) is 0 Å². The number of hydrogen-bond acceptors (Lipinski definition) is 1. The Balaban J connectivity index is 1.87. The van der Waals surface area contributed by atoms with Crippen molar-refractivity contribution in [3.63, 3.8) is 0 Å². The predicted molar refractivity (Wildman–Crippen MR) is 72.1 cm³/mol. The molecule has 1 nitrogen and oxygen atoms in total. The first-order valence-electron chi connectivity index (χ1n) is 6.85. The first-order valence-corrected chi connectivity index (χ1v) is 6.85. The molecule has 0 radical (unpaired) electrons. The third-order valence-corrected chi connectivity index (χ3v) is 4.20. The normalized spacial score (nSPS) is 29.2. The Labute approximate surface area is 105 Å². The minimum atomic E-state index is -0.391. The van der Waals surface area contributed by atoms with E-state index in [9.17, 15) is 5.11 Å². The highest BCUT2D eigenvalue weighted by molar-refractivity contribution is 5.21. The molecule has 1 aromatic rings. The smallest absolute Gasteiger partial charge is 0.0651 e. The van der Waals surface area contributed by atoms with Gasteiger partial charge in [0.1, 0.15) is 0 Å². The van der Waals surface area contributed by atoms with Crippen LogP contribution in [0, 0.1) is 12.8 Å². The standard InChI is InChI=1S/C16H24O/c1-13-3-5-15(6-4-13)9-12-16(17)10-7-14(2)8-11-16/h3-6,14,17H,7-12H2,1-2H3. The molecule has 1 heteroatoms. The maximum Gasteiger partial charge on any atom is 0.0651 e. The van der Waals surface area contributed by atoms with Crippen molar-refractivity contribution in [2.45, 2.75) is 58.0 Å². The molecule has 1 aromatic carbocycles. The van der Waals surface area contributed by atoms with E-state index < -0.39 is 5.60 Å². The van der Waals surface area contributed by atoms with Crippen LogP contribution < -0.4 is 0 Å². The minimum Gasteiger partial charge on any atom is -0.390 e. The number of aliphatic hydroxyl groups is 1. The molecule has 0 heterocycles. The van der Waals surface area contributed by atoms with Crippen LogP contribution in [0.25, 0.3) is 0 Å². The molecule has 0 atom stereocenters. The van der Waals surface area contributed by atoms with E-state index in [1.807, 2.05) is 0 Å². The predicted octanol–water partition coefficient (Wildman–Crippen LogP) is 3.87. The molecule has 0 unspecified atom stereocenters. The largest absolute Gasteiger partial charge is 0.390 e. The van der Waals surface area contributed by atoms with Crippen molar-refractivity contribution in [3.8, 4) is 0 Å². The summed E-state index contributed by atoms with van der Waals surface area (Å²) >= 11 is 0. The average Bonchev–Trinajstić information content (AvgIpc) is 2.33. The Hall–Kier alpha value is -0.820. The molecular formula is C16H24O. The van der Waals surface area contributed by atoms with Gasteiger partial charge in [-0.15, -0.1) is 0 Å². The first kappa shape index (κ1) is 12.6. The molecule has 1 N–H and O–H groups in total. The van der Waals surface area contributed by atoms with Gasteiger partial charge in [0.15, 0.2) is 0 Å². The van der Waals surface area contributed by atoms with Gasteiger partial charge >= 0.3 is 0 Å². The summed E-state index contributed by atoms with van der Waals surface area (Å²) in [4.78, 5) is 0. The summed E-state index contributed by atoms with van der Waals surface area (Å²) in [5, 5.41) is 10.5. The van der Waals surface area contributed by atoms with E-state index in [4.69, 9.17) is 0 Å². The minimum absolute atomic E-state index is 0.391. The molecule has 1 saturated carbocycles. The molecule has 0 saturated heterocycles. The van der Waals surface area contributed by atoms with Gasteiger partial charge in [0.05, 0.1) is 5.60 Å². The Morgan fingerprint density at radius 1 is 1.18 bits per heavy atom. The summed E-state index contributed by atoms with van der Waals surface area (Å²) < 4.78 is 0. The molecule has 2 rings (SSSR count). The van der Waals surface area contributed by atoms with Crippen molar-refractivity contribution >= 4 is 0 Å². The number of rotatable bonds is 3. The summed E-state index contributed by atoms with van der Waals surface area (Å²) in [6.07, 6.45) is 6.27. The first-order chi connectivity index (χ1) is 8.07. The van der Waals surface area contributed by atoms with Gasteiger partial charge in [0.25, 0.3) is 0 Å². The van der Waals surface area contributed by atoms with Crippen molar-refractivity contribution in [2.24, 2.45) is 5.92 Å². The Morgan fingerprint density at radius 3 is 2.35 bits per heavy atom. The van der Waals surface area contributed by atoms with E-state index in [2.05, 4.69) is 38.1 Å². The third kappa shape index (κ3) is 3.57. The Bertz CT molecular complexity index is 344. The number of hydrogen-bond donors (Lipinski definition) is 1. The molecule has 17 heavy (non-hydrogen) atoms. The van der Waals surface area contributed by atoms with Crippen LogP contribution in [-0.4, -0.2) is 10.7 Å². The van der Waals surface area contributed by atoms with Crippen LogP contribution >= 0.6 is 0 Å². The lowest BCUT2D eigenvalue weighted by atomic mass is 9.77. The maximum atomic E-state index is 10.5. The molecule has 94 valence electrons. The molecule has 0 spiro atoms. The monoisotopic (exact) mass is 232 g/mol. The van der Waals surface area contributed by atoms with Crippen molar-refractivity contribution in [1.29, 1.82) is 0 Å². The van der Waals surface area contributed by atoms with E-state index in [-0.39, 0.29) is 0 Å². The summed E-state index contributed by atoms with van der Waals surface area (Å²) in [6, 6.07) is 8.68. The lowest BCUT2D eigenvalue weighted by Gasteiger charge is -2.35. The fraction of sp³-hybridized carbons (Fsp3) is 0.625. The van der Waals surface area contributed by atoms with Crippen LogP contribution in [-0.2, 0) is 6.42 Å². The van der Waals surface area contributed by atoms with Crippen molar-refractivity contribution in [3.05, 3.63) is 35.4 Å². The fourth-order valence-electron chi connectivity index (χ4n) is 2.68. The van der Waals surface area contributed by atoms with E-state index in [0.29, 0.717) is 0 Å². The van der Waals surface area contributed by atoms with Gasteiger partial charge in [-0.05, 0) is 56.9 Å². The van der Waals surface area contributed by atoms with Crippen LogP contribution in [0.1, 0.15) is 50.2 Å². The second-order valence-electron chi connectivity index (χ2n) is 5.89. The van der Waals surface area contributed by atoms with E-state index in [1.54, 1.807) is 0 Å². The summed E-state index contributed by atoms with van der Waals surface area (Å²) in [5.74, 6) is 0.801. The van der Waals surface area contributed by atoms with Gasteiger partial charge in [-0.2, -0.15) is 0 Å². The number of aryl methyl sites for hydroxylation is 2. The van der Waals surface area contributed by atoms with Crippen molar-refractivity contribution in [1.82, 2.24) is 0 Å². The van der Waals surface area contributed by atoms with Gasteiger partial charge < -0.3 is 5.11 Å². The van der Waals surface area contributed by atoms with E-state index in [1.165, 1.54) is 24.0 Å². The Kier molecular flexibility index (Phi) is 3.88. The van der Waals surface area contributed by atoms with Crippen LogP contribution in [0.3, 0.4) is 0 Å². The molecular weight excluding hydrogens is 208 g/mol. The third-order valence-electron chi connectivity index (χ3n) is 4.20. The van der Waals surface area contributed by atoms with Crippen LogP contribution in [0.4, 0.5) is 0 Å². The summed E-state index contributed by atoms with van der Waals surface area (Å²) in [6.45, 7) is 4.40. The highest BCUT2D eigenvalue weighted by atomic mass is 16.3. The second kappa shape index (κ2) is 5.22. The quantitative estimate of drug-likeness (QED) is 0.838. The zero-order valence-electron chi connectivity index (χ0n) is 11.1. The average molecular weight is 232 g/mol. The zero-order valence-corrected chi connectivity index (χ0v) is 11.1. The van der Waals surface area contributed by atoms with Crippen molar-refractivity contribution in [2.75, 3.05) is 0 Å². The molecule has 0 aromatic heterocycles. The van der Waals surface area contributed by atoms with Gasteiger partial charge in [-0.3, -0.25) is 0 Å². The van der Waals surface area contributed by atoms with E-state index in [0.717, 1.165) is 31.6 Å². The van der Waals surface area contributed by atoms with Gasteiger partial charge in [-0.1, -0.05) is 36.8 Å². The van der Waals surface area contributed by atoms with Crippen LogP contribution in [0.2, 0.25) is 0 Å². The second-order valence-corrected chi connectivity index (χ2v) is 5.89. The molecule has 0 bridgehead atoms. The SMILES string of the molecule is Cc1ccc(CCC2(O)CCC(C)CC2)cc1. The van der Waals surface area contributed by atoms with Gasteiger partial charge in [0.2, 0.25) is 0 Å². The topological polar surface area (TPSA) is 20.2 Å². The van der Waals surface area contributed by atoms with E-state index >= 15 is 0 Å². The van der Waals surface area contributed by atoms with Crippen LogP contribution in [0.5, 0.6) is 0 Å². The van der Waals surface area contributed by atoms with Gasteiger partial charge in [-0.25, -0.2) is 0 Å². The highest BCUT2D eigenvalue weighted by Crippen LogP contribution is 2.34. The zero-order chi connectivity index (χ0) is 12.3. The molecule has 0 aliphatic heterocycles. The molecule has 1 aliphatic carbocycles. The lowest BCUT2D eigenvalue weighted by molar-refractivity contribution is -0.0141.